The van der Waals surface area contributed by atoms with Gasteiger partial charge in [-0.25, -0.2) is 0 Å². The molecule has 1 saturated carbocycles. The molecule has 2 aliphatic rings. The Kier molecular flexibility index (Phi) is 3.76. The lowest BCUT2D eigenvalue weighted by molar-refractivity contribution is 0.316. The molecule has 1 aliphatic heterocycles. The van der Waals surface area contributed by atoms with E-state index in [1.807, 2.05) is 18.2 Å². The lowest BCUT2D eigenvalue weighted by Gasteiger charge is -2.16. The van der Waals surface area contributed by atoms with E-state index >= 15 is 0 Å². The molecule has 0 bridgehead atoms. The second-order valence-electron chi connectivity index (χ2n) is 5.54. The van der Waals surface area contributed by atoms with E-state index in [9.17, 15) is 5.26 Å². The molecule has 0 radical (unpaired) electrons. The Labute approximate surface area is 122 Å². The molecular formula is C15H18BrN3. The molecular weight excluding hydrogens is 302 g/mol. The highest BCUT2D eigenvalue weighted by molar-refractivity contribution is 9.10. The summed E-state index contributed by atoms with van der Waals surface area (Å²) in [7, 11) is 0. The molecule has 19 heavy (non-hydrogen) atoms. The Balaban J connectivity index is 1.58. The first-order chi connectivity index (χ1) is 9.28. The van der Waals surface area contributed by atoms with Crippen LogP contribution in [0, 0.1) is 17.2 Å². The first kappa shape index (κ1) is 13.0. The number of benzene rings is 1. The van der Waals surface area contributed by atoms with Gasteiger partial charge in [-0.2, -0.15) is 5.26 Å². The van der Waals surface area contributed by atoms with Crippen LogP contribution < -0.4 is 5.32 Å². The summed E-state index contributed by atoms with van der Waals surface area (Å²) in [6, 6.07) is 9.00. The van der Waals surface area contributed by atoms with Gasteiger partial charge in [0, 0.05) is 23.6 Å². The number of anilines is 1. The quantitative estimate of drug-likeness (QED) is 0.926. The van der Waals surface area contributed by atoms with Crippen molar-refractivity contribution in [2.75, 3.05) is 25.0 Å². The van der Waals surface area contributed by atoms with Crippen molar-refractivity contribution in [3.63, 3.8) is 0 Å². The number of hydrogen-bond donors (Lipinski definition) is 1. The first-order valence-electron chi connectivity index (χ1n) is 6.94. The Bertz CT molecular complexity index is 505. The average molecular weight is 320 g/mol. The zero-order valence-electron chi connectivity index (χ0n) is 10.9. The molecule has 3 nitrogen and oxygen atoms in total. The predicted octanol–water partition coefficient (Wildman–Crippen LogP) is 3.22. The van der Waals surface area contributed by atoms with Crippen LogP contribution in [-0.2, 0) is 0 Å². The maximum Gasteiger partial charge on any atom is 0.103 e. The van der Waals surface area contributed by atoms with Crippen molar-refractivity contribution >= 4 is 21.6 Å². The summed E-state index contributed by atoms with van der Waals surface area (Å²) in [5.74, 6) is 0.714. The number of nitrogens with one attached hydrogen (secondary N) is 1. The Morgan fingerprint density at radius 2 is 2.21 bits per heavy atom. The lowest BCUT2D eigenvalue weighted by Crippen LogP contribution is -2.24. The minimum absolute atomic E-state index is 0.708. The predicted molar refractivity (Wildman–Crippen MR) is 80.0 cm³/mol. The van der Waals surface area contributed by atoms with E-state index in [4.69, 9.17) is 0 Å². The van der Waals surface area contributed by atoms with Gasteiger partial charge in [-0.3, -0.25) is 0 Å². The standard InChI is InChI=1S/C15H18BrN3/c16-14-2-1-3-15(13(14)8-17)18-9-11-6-7-19(10-11)12-4-5-12/h1-3,11-12,18H,4-7,9-10H2. The molecule has 1 atom stereocenters. The molecule has 1 heterocycles. The molecule has 1 saturated heterocycles. The van der Waals surface area contributed by atoms with Crippen LogP contribution in [0.15, 0.2) is 22.7 Å². The largest absolute Gasteiger partial charge is 0.384 e. The average Bonchev–Trinajstić information content (AvgIpc) is 3.16. The van der Waals surface area contributed by atoms with Gasteiger partial charge < -0.3 is 10.2 Å². The van der Waals surface area contributed by atoms with Crippen molar-refractivity contribution in [1.29, 1.82) is 5.26 Å². The van der Waals surface area contributed by atoms with E-state index < -0.39 is 0 Å². The van der Waals surface area contributed by atoms with Crippen molar-refractivity contribution in [3.8, 4) is 6.07 Å². The summed E-state index contributed by atoms with van der Waals surface area (Å²) in [5.41, 5.74) is 1.65. The van der Waals surface area contributed by atoms with Crippen molar-refractivity contribution in [2.24, 2.45) is 5.92 Å². The molecule has 4 heteroatoms. The van der Waals surface area contributed by atoms with Gasteiger partial charge in [-0.1, -0.05) is 6.07 Å². The number of halogens is 1. The number of rotatable bonds is 4. The SMILES string of the molecule is N#Cc1c(Br)cccc1NCC1CCN(C2CC2)C1. The second kappa shape index (κ2) is 5.52. The van der Waals surface area contributed by atoms with E-state index in [2.05, 4.69) is 32.2 Å². The fraction of sp³-hybridized carbons (Fsp3) is 0.533. The smallest absolute Gasteiger partial charge is 0.103 e. The van der Waals surface area contributed by atoms with Crippen LogP contribution in [0.25, 0.3) is 0 Å². The highest BCUT2D eigenvalue weighted by Gasteiger charge is 2.34. The van der Waals surface area contributed by atoms with Gasteiger partial charge in [-0.05, 0) is 59.8 Å². The van der Waals surface area contributed by atoms with E-state index in [0.29, 0.717) is 11.5 Å². The molecule has 1 aliphatic carbocycles. The number of likely N-dealkylation sites (tertiary alicyclic amines) is 1. The van der Waals surface area contributed by atoms with Crippen LogP contribution in [0.2, 0.25) is 0 Å². The monoisotopic (exact) mass is 319 g/mol. The Morgan fingerprint density at radius 3 is 2.95 bits per heavy atom. The maximum atomic E-state index is 9.19. The molecule has 1 aromatic rings. The van der Waals surface area contributed by atoms with Gasteiger partial charge in [-0.15, -0.1) is 0 Å². The Hall–Kier alpha value is -1.05. The molecule has 3 rings (SSSR count). The van der Waals surface area contributed by atoms with Gasteiger partial charge in [0.25, 0.3) is 0 Å². The lowest BCUT2D eigenvalue weighted by atomic mass is 10.1. The second-order valence-corrected chi connectivity index (χ2v) is 6.39. The minimum Gasteiger partial charge on any atom is -0.384 e. The zero-order valence-corrected chi connectivity index (χ0v) is 12.5. The van der Waals surface area contributed by atoms with Crippen LogP contribution >= 0.6 is 15.9 Å². The summed E-state index contributed by atoms with van der Waals surface area (Å²) >= 11 is 3.43. The molecule has 1 N–H and O–H groups in total. The van der Waals surface area contributed by atoms with Crippen molar-refractivity contribution in [1.82, 2.24) is 4.90 Å². The summed E-state index contributed by atoms with van der Waals surface area (Å²) in [6.07, 6.45) is 4.06. The van der Waals surface area contributed by atoms with E-state index in [0.717, 1.165) is 22.7 Å². The number of hydrogen-bond acceptors (Lipinski definition) is 3. The van der Waals surface area contributed by atoms with Crippen molar-refractivity contribution < 1.29 is 0 Å². The van der Waals surface area contributed by atoms with Crippen LogP contribution in [0.3, 0.4) is 0 Å². The molecule has 2 fully saturated rings. The van der Waals surface area contributed by atoms with Crippen LogP contribution in [0.4, 0.5) is 5.69 Å². The van der Waals surface area contributed by atoms with Crippen LogP contribution in [0.5, 0.6) is 0 Å². The summed E-state index contributed by atoms with van der Waals surface area (Å²) in [6.45, 7) is 3.43. The van der Waals surface area contributed by atoms with E-state index in [1.54, 1.807) is 0 Å². The number of nitriles is 1. The zero-order chi connectivity index (χ0) is 13.2. The van der Waals surface area contributed by atoms with Gasteiger partial charge >= 0.3 is 0 Å². The highest BCUT2D eigenvalue weighted by atomic mass is 79.9. The third-order valence-corrected chi connectivity index (χ3v) is 4.75. The normalized spacial score (nSPS) is 23.3. The van der Waals surface area contributed by atoms with Gasteiger partial charge in [0.1, 0.15) is 6.07 Å². The van der Waals surface area contributed by atoms with Crippen LogP contribution in [-0.4, -0.2) is 30.6 Å². The maximum absolute atomic E-state index is 9.19. The third-order valence-electron chi connectivity index (χ3n) is 4.09. The Morgan fingerprint density at radius 1 is 1.37 bits per heavy atom. The fourth-order valence-electron chi connectivity index (χ4n) is 2.84. The van der Waals surface area contributed by atoms with Gasteiger partial charge in [0.2, 0.25) is 0 Å². The summed E-state index contributed by atoms with van der Waals surface area (Å²) < 4.78 is 0.867. The first-order valence-corrected chi connectivity index (χ1v) is 7.74. The topological polar surface area (TPSA) is 39.1 Å². The van der Waals surface area contributed by atoms with Crippen LogP contribution in [0.1, 0.15) is 24.8 Å². The third kappa shape index (κ3) is 2.93. The molecule has 0 spiro atoms. The van der Waals surface area contributed by atoms with E-state index in [-0.39, 0.29) is 0 Å². The molecule has 0 amide bonds. The van der Waals surface area contributed by atoms with Gasteiger partial charge in [0.05, 0.1) is 11.3 Å². The number of nitrogens with zero attached hydrogens (tertiary/aromatic N) is 2. The molecule has 100 valence electrons. The van der Waals surface area contributed by atoms with Crippen molar-refractivity contribution in [2.45, 2.75) is 25.3 Å². The summed E-state index contributed by atoms with van der Waals surface area (Å²) in [4.78, 5) is 2.62. The van der Waals surface area contributed by atoms with Gasteiger partial charge in [0.15, 0.2) is 0 Å². The van der Waals surface area contributed by atoms with Crippen molar-refractivity contribution in [3.05, 3.63) is 28.2 Å². The highest BCUT2D eigenvalue weighted by Crippen LogP contribution is 2.32. The molecule has 0 aromatic heterocycles. The van der Waals surface area contributed by atoms with E-state index in [1.165, 1.54) is 32.4 Å². The fourth-order valence-corrected chi connectivity index (χ4v) is 3.29. The minimum atomic E-state index is 0.708. The molecule has 1 unspecified atom stereocenters. The summed E-state index contributed by atoms with van der Waals surface area (Å²) in [5, 5.41) is 12.6. The molecule has 1 aromatic carbocycles.